The van der Waals surface area contributed by atoms with E-state index in [9.17, 15) is 0 Å². The third kappa shape index (κ3) is 2.48. The predicted octanol–water partition coefficient (Wildman–Crippen LogP) is 4.12. The predicted molar refractivity (Wildman–Crippen MR) is 84.9 cm³/mol. The number of aromatic nitrogens is 3. The van der Waals surface area contributed by atoms with Crippen molar-refractivity contribution in [1.82, 2.24) is 15.0 Å². The lowest BCUT2D eigenvalue weighted by atomic mass is 10.0. The van der Waals surface area contributed by atoms with Crippen molar-refractivity contribution in [2.45, 2.75) is 26.7 Å². The normalized spacial score (nSPS) is 11.2. The number of fused-ring (bicyclic) bond motifs is 1. The zero-order chi connectivity index (χ0) is 14.1. The van der Waals surface area contributed by atoms with Crippen LogP contribution in [0.15, 0.2) is 34.9 Å². The molecule has 0 aliphatic rings. The van der Waals surface area contributed by atoms with Crippen molar-refractivity contribution < 1.29 is 0 Å². The van der Waals surface area contributed by atoms with Crippen molar-refractivity contribution in [3.05, 3.63) is 57.6 Å². The van der Waals surface area contributed by atoms with Crippen LogP contribution in [0.25, 0.3) is 11.0 Å². The molecule has 0 atom stereocenters. The van der Waals surface area contributed by atoms with E-state index in [-0.39, 0.29) is 0 Å². The molecule has 0 saturated carbocycles. The summed E-state index contributed by atoms with van der Waals surface area (Å²) >= 11 is 3.57. The summed E-state index contributed by atoms with van der Waals surface area (Å²) in [5.74, 6) is 0.812. The molecule has 0 aliphatic heterocycles. The van der Waals surface area contributed by atoms with Crippen molar-refractivity contribution in [1.29, 1.82) is 0 Å². The Morgan fingerprint density at radius 1 is 1.10 bits per heavy atom. The van der Waals surface area contributed by atoms with Gasteiger partial charge in [0.25, 0.3) is 0 Å². The first-order valence-corrected chi connectivity index (χ1v) is 7.49. The van der Waals surface area contributed by atoms with E-state index in [4.69, 9.17) is 0 Å². The summed E-state index contributed by atoms with van der Waals surface area (Å²) in [6.07, 6.45) is 3.84. The Balaban J connectivity index is 1.95. The number of hydrogen-bond donors (Lipinski definition) is 1. The van der Waals surface area contributed by atoms with Crippen LogP contribution in [0.3, 0.4) is 0 Å². The maximum atomic E-state index is 4.62. The molecule has 20 heavy (non-hydrogen) atoms. The fourth-order valence-corrected chi connectivity index (χ4v) is 3.05. The minimum atomic E-state index is 0.812. The van der Waals surface area contributed by atoms with Gasteiger partial charge in [0.15, 0.2) is 0 Å². The van der Waals surface area contributed by atoms with E-state index in [0.717, 1.165) is 39.9 Å². The number of aryl methyl sites for hydroxylation is 4. The Labute approximate surface area is 126 Å². The highest BCUT2D eigenvalue weighted by Gasteiger charge is 2.11. The van der Waals surface area contributed by atoms with Crippen LogP contribution in [-0.2, 0) is 12.8 Å². The fraction of sp³-hybridized carbons (Fsp3) is 0.250. The molecular formula is C16H16BrN3. The number of benzene rings is 1. The Hall–Kier alpha value is -1.68. The number of nitrogens with one attached hydrogen (secondary N) is 1. The van der Waals surface area contributed by atoms with Crippen molar-refractivity contribution in [3.8, 4) is 0 Å². The van der Waals surface area contributed by atoms with Crippen LogP contribution < -0.4 is 0 Å². The largest absolute Gasteiger partial charge is 0.345 e. The van der Waals surface area contributed by atoms with Gasteiger partial charge >= 0.3 is 0 Å². The average molecular weight is 330 g/mol. The lowest BCUT2D eigenvalue weighted by molar-refractivity contribution is 0.892. The number of hydrogen-bond acceptors (Lipinski definition) is 2. The molecule has 3 rings (SSSR count). The Kier molecular flexibility index (Phi) is 3.57. The first-order valence-electron chi connectivity index (χ1n) is 6.70. The van der Waals surface area contributed by atoms with Crippen molar-refractivity contribution in [2.24, 2.45) is 0 Å². The molecule has 0 unspecified atom stereocenters. The summed E-state index contributed by atoms with van der Waals surface area (Å²) in [4.78, 5) is 12.2. The van der Waals surface area contributed by atoms with Gasteiger partial charge in [0.05, 0.1) is 11.1 Å². The molecule has 102 valence electrons. The summed E-state index contributed by atoms with van der Waals surface area (Å²) in [6.45, 7) is 4.09. The highest BCUT2D eigenvalue weighted by molar-refractivity contribution is 9.10. The molecule has 4 heteroatoms. The van der Waals surface area contributed by atoms with Gasteiger partial charge in [0.1, 0.15) is 11.5 Å². The first-order chi connectivity index (χ1) is 9.65. The Morgan fingerprint density at radius 2 is 1.90 bits per heavy atom. The van der Waals surface area contributed by atoms with Crippen LogP contribution >= 0.6 is 15.9 Å². The van der Waals surface area contributed by atoms with E-state index in [1.807, 2.05) is 13.1 Å². The number of aromatic amines is 1. The zero-order valence-electron chi connectivity index (χ0n) is 11.6. The number of halogens is 1. The van der Waals surface area contributed by atoms with E-state index in [1.54, 1.807) is 0 Å². The molecule has 0 spiro atoms. The van der Waals surface area contributed by atoms with Gasteiger partial charge < -0.3 is 4.98 Å². The van der Waals surface area contributed by atoms with E-state index in [2.05, 4.69) is 62.1 Å². The van der Waals surface area contributed by atoms with Crippen LogP contribution in [0.5, 0.6) is 0 Å². The van der Waals surface area contributed by atoms with Crippen molar-refractivity contribution in [3.63, 3.8) is 0 Å². The highest BCUT2D eigenvalue weighted by atomic mass is 79.9. The van der Waals surface area contributed by atoms with Gasteiger partial charge in [-0.25, -0.2) is 9.97 Å². The summed E-state index contributed by atoms with van der Waals surface area (Å²) in [5, 5.41) is 1.10. The van der Waals surface area contributed by atoms with Crippen LogP contribution in [0.2, 0.25) is 0 Å². The molecule has 0 amide bonds. The number of H-pyrrole nitrogens is 1. The summed E-state index contributed by atoms with van der Waals surface area (Å²) in [5.41, 5.74) is 4.72. The third-order valence-electron chi connectivity index (χ3n) is 3.56. The zero-order valence-corrected chi connectivity index (χ0v) is 13.2. The molecule has 1 aromatic carbocycles. The van der Waals surface area contributed by atoms with Gasteiger partial charge in [-0.15, -0.1) is 0 Å². The maximum absolute atomic E-state index is 4.62. The van der Waals surface area contributed by atoms with E-state index >= 15 is 0 Å². The molecule has 2 aromatic heterocycles. The highest BCUT2D eigenvalue weighted by Crippen LogP contribution is 2.26. The van der Waals surface area contributed by atoms with Crippen LogP contribution in [-0.4, -0.2) is 15.0 Å². The van der Waals surface area contributed by atoms with Gasteiger partial charge in [-0.3, -0.25) is 0 Å². The molecule has 1 N–H and O–H groups in total. The smallest absolute Gasteiger partial charge is 0.142 e. The molecule has 2 heterocycles. The lowest BCUT2D eigenvalue weighted by Gasteiger charge is -2.07. The van der Waals surface area contributed by atoms with Gasteiger partial charge in [-0.05, 0) is 53.7 Å². The second-order valence-electron chi connectivity index (χ2n) is 5.00. The van der Waals surface area contributed by atoms with Crippen LogP contribution in [0.1, 0.15) is 22.6 Å². The molecule has 0 fully saturated rings. The van der Waals surface area contributed by atoms with Gasteiger partial charge in [0, 0.05) is 10.7 Å². The van der Waals surface area contributed by atoms with Gasteiger partial charge in [0.2, 0.25) is 0 Å². The number of rotatable bonds is 3. The second kappa shape index (κ2) is 5.37. The molecule has 0 saturated heterocycles. The van der Waals surface area contributed by atoms with Crippen molar-refractivity contribution >= 4 is 27.0 Å². The topological polar surface area (TPSA) is 41.6 Å². The molecule has 0 aliphatic carbocycles. The quantitative estimate of drug-likeness (QED) is 0.785. The number of nitrogens with zero attached hydrogens (tertiary/aromatic N) is 2. The minimum Gasteiger partial charge on any atom is -0.345 e. The fourth-order valence-electron chi connectivity index (χ4n) is 2.51. The third-order valence-corrected chi connectivity index (χ3v) is 4.19. The SMILES string of the molecule is Cc1nc(CCc2ccccc2C)c2c(Br)c[nH]c2n1. The first kappa shape index (κ1) is 13.3. The lowest BCUT2D eigenvalue weighted by Crippen LogP contribution is -2.00. The molecule has 0 radical (unpaired) electrons. The average Bonchev–Trinajstić information content (AvgIpc) is 2.79. The maximum Gasteiger partial charge on any atom is 0.142 e. The summed E-state index contributed by atoms with van der Waals surface area (Å²) < 4.78 is 1.03. The van der Waals surface area contributed by atoms with E-state index in [1.165, 1.54) is 11.1 Å². The second-order valence-corrected chi connectivity index (χ2v) is 5.86. The molecule has 3 nitrogen and oxygen atoms in total. The molecule has 3 aromatic rings. The molecule has 0 bridgehead atoms. The summed E-state index contributed by atoms with van der Waals surface area (Å²) in [6, 6.07) is 8.51. The van der Waals surface area contributed by atoms with Gasteiger partial charge in [-0.1, -0.05) is 24.3 Å². The minimum absolute atomic E-state index is 0.812. The van der Waals surface area contributed by atoms with Gasteiger partial charge in [-0.2, -0.15) is 0 Å². The van der Waals surface area contributed by atoms with Crippen molar-refractivity contribution in [2.75, 3.05) is 0 Å². The van der Waals surface area contributed by atoms with Crippen LogP contribution in [0.4, 0.5) is 0 Å². The Bertz CT molecular complexity index is 762. The van der Waals surface area contributed by atoms with Crippen LogP contribution in [0, 0.1) is 13.8 Å². The van der Waals surface area contributed by atoms with E-state index < -0.39 is 0 Å². The monoisotopic (exact) mass is 329 g/mol. The summed E-state index contributed by atoms with van der Waals surface area (Å²) in [7, 11) is 0. The standard InChI is InChI=1S/C16H16BrN3/c1-10-5-3-4-6-12(10)7-8-14-15-13(17)9-18-16(15)20-11(2)19-14/h3-6,9H,7-8H2,1-2H3,(H,18,19,20). The Morgan fingerprint density at radius 3 is 2.70 bits per heavy atom. The van der Waals surface area contributed by atoms with E-state index in [0.29, 0.717) is 0 Å². The molecular weight excluding hydrogens is 314 g/mol.